The monoisotopic (exact) mass is 266 g/mol. The topological polar surface area (TPSA) is 69.1 Å². The molecule has 0 radical (unpaired) electrons. The van der Waals surface area contributed by atoms with Gasteiger partial charge < -0.3 is 10.2 Å². The largest absolute Gasteiger partial charge is 0.456 e. The minimum Gasteiger partial charge on any atom is -0.456 e. The summed E-state index contributed by atoms with van der Waals surface area (Å²) in [5, 5.41) is 0.937. The minimum absolute atomic E-state index is 0.146. The van der Waals surface area contributed by atoms with E-state index in [-0.39, 0.29) is 12.3 Å². The summed E-state index contributed by atoms with van der Waals surface area (Å²) in [5.41, 5.74) is 7.89. The fourth-order valence-corrected chi connectivity index (χ4v) is 2.12. The molecule has 100 valence electrons. The summed E-state index contributed by atoms with van der Waals surface area (Å²) in [6, 6.07) is 12.7. The standard InChI is InChI=1S/C16H14N2O2/c1-10-2-3-11-8-12(4-6-14(11)18-10)16(19)15-7-5-13(9-17)20-15/h2-8H,9,17H2,1H3. The van der Waals surface area contributed by atoms with Crippen LogP contribution in [0.5, 0.6) is 0 Å². The fourth-order valence-electron chi connectivity index (χ4n) is 2.12. The van der Waals surface area contributed by atoms with Crippen LogP contribution in [0.15, 0.2) is 46.9 Å². The van der Waals surface area contributed by atoms with Crippen molar-refractivity contribution >= 4 is 16.7 Å². The van der Waals surface area contributed by atoms with E-state index >= 15 is 0 Å². The first-order valence-electron chi connectivity index (χ1n) is 6.38. The van der Waals surface area contributed by atoms with E-state index in [1.54, 1.807) is 18.2 Å². The van der Waals surface area contributed by atoms with E-state index in [9.17, 15) is 4.79 Å². The number of pyridine rings is 1. The first-order chi connectivity index (χ1) is 9.67. The number of nitrogens with zero attached hydrogens (tertiary/aromatic N) is 1. The SMILES string of the molecule is Cc1ccc2cc(C(=O)c3ccc(CN)o3)ccc2n1. The van der Waals surface area contributed by atoms with Gasteiger partial charge >= 0.3 is 0 Å². The van der Waals surface area contributed by atoms with Crippen LogP contribution in [0.1, 0.15) is 27.6 Å². The molecule has 2 aromatic heterocycles. The Morgan fingerprint density at radius 1 is 1.20 bits per heavy atom. The normalized spacial score (nSPS) is 10.9. The number of nitrogens with two attached hydrogens (primary N) is 1. The Morgan fingerprint density at radius 3 is 2.80 bits per heavy atom. The van der Waals surface area contributed by atoms with Crippen LogP contribution in [0, 0.1) is 6.92 Å². The van der Waals surface area contributed by atoms with Gasteiger partial charge in [0.25, 0.3) is 0 Å². The lowest BCUT2D eigenvalue weighted by Crippen LogP contribution is -2.00. The van der Waals surface area contributed by atoms with Crippen LogP contribution < -0.4 is 5.73 Å². The average Bonchev–Trinajstić information content (AvgIpc) is 2.95. The van der Waals surface area contributed by atoms with Gasteiger partial charge in [0.05, 0.1) is 12.1 Å². The van der Waals surface area contributed by atoms with Crippen molar-refractivity contribution < 1.29 is 9.21 Å². The van der Waals surface area contributed by atoms with E-state index in [1.165, 1.54) is 0 Å². The van der Waals surface area contributed by atoms with Gasteiger partial charge in [-0.15, -0.1) is 0 Å². The number of fused-ring (bicyclic) bond motifs is 1. The Hall–Kier alpha value is -2.46. The molecule has 2 N–H and O–H groups in total. The quantitative estimate of drug-likeness (QED) is 0.740. The molecule has 0 aliphatic carbocycles. The number of aromatic nitrogens is 1. The van der Waals surface area contributed by atoms with Crippen molar-refractivity contribution in [1.82, 2.24) is 4.98 Å². The minimum atomic E-state index is -0.146. The zero-order chi connectivity index (χ0) is 14.1. The molecule has 1 aromatic carbocycles. The zero-order valence-electron chi connectivity index (χ0n) is 11.1. The number of aryl methyl sites for hydroxylation is 1. The molecule has 0 saturated heterocycles. The average molecular weight is 266 g/mol. The third-order valence-corrected chi connectivity index (χ3v) is 3.18. The Morgan fingerprint density at radius 2 is 2.05 bits per heavy atom. The number of benzene rings is 1. The molecule has 0 spiro atoms. The second-order valence-electron chi connectivity index (χ2n) is 4.66. The first kappa shape index (κ1) is 12.6. The van der Waals surface area contributed by atoms with Crippen molar-refractivity contribution in [2.45, 2.75) is 13.5 Å². The van der Waals surface area contributed by atoms with Gasteiger partial charge in [-0.25, -0.2) is 0 Å². The third kappa shape index (κ3) is 2.21. The molecule has 20 heavy (non-hydrogen) atoms. The van der Waals surface area contributed by atoms with Gasteiger partial charge in [-0.05, 0) is 43.3 Å². The van der Waals surface area contributed by atoms with Gasteiger partial charge in [0, 0.05) is 16.6 Å². The van der Waals surface area contributed by atoms with Gasteiger partial charge in [0.15, 0.2) is 5.76 Å². The molecule has 0 saturated carbocycles. The van der Waals surface area contributed by atoms with E-state index in [0.717, 1.165) is 16.6 Å². The lowest BCUT2D eigenvalue weighted by atomic mass is 10.1. The maximum atomic E-state index is 12.3. The van der Waals surface area contributed by atoms with Gasteiger partial charge in [-0.2, -0.15) is 0 Å². The maximum absolute atomic E-state index is 12.3. The molecule has 0 aliphatic rings. The first-order valence-corrected chi connectivity index (χ1v) is 6.38. The predicted octanol–water partition coefficient (Wildman–Crippen LogP) is 2.83. The van der Waals surface area contributed by atoms with Crippen molar-refractivity contribution in [3.63, 3.8) is 0 Å². The van der Waals surface area contributed by atoms with Crippen molar-refractivity contribution in [2.24, 2.45) is 5.73 Å². The highest BCUT2D eigenvalue weighted by Gasteiger charge is 2.14. The van der Waals surface area contributed by atoms with Crippen molar-refractivity contribution in [3.05, 3.63) is 65.2 Å². The van der Waals surface area contributed by atoms with Crippen molar-refractivity contribution in [3.8, 4) is 0 Å². The van der Waals surface area contributed by atoms with Crippen LogP contribution in [0.2, 0.25) is 0 Å². The molecule has 0 aliphatic heterocycles. The van der Waals surface area contributed by atoms with Gasteiger partial charge in [-0.1, -0.05) is 6.07 Å². The van der Waals surface area contributed by atoms with E-state index in [2.05, 4.69) is 4.98 Å². The summed E-state index contributed by atoms with van der Waals surface area (Å²) in [6.07, 6.45) is 0. The summed E-state index contributed by atoms with van der Waals surface area (Å²) in [5.74, 6) is 0.767. The summed E-state index contributed by atoms with van der Waals surface area (Å²) >= 11 is 0. The van der Waals surface area contributed by atoms with E-state index < -0.39 is 0 Å². The van der Waals surface area contributed by atoms with Crippen LogP contribution in [0.4, 0.5) is 0 Å². The van der Waals surface area contributed by atoms with Crippen LogP contribution in [0.3, 0.4) is 0 Å². The van der Waals surface area contributed by atoms with Crippen LogP contribution in [0.25, 0.3) is 10.9 Å². The van der Waals surface area contributed by atoms with Crippen LogP contribution >= 0.6 is 0 Å². The highest BCUT2D eigenvalue weighted by Crippen LogP contribution is 2.18. The number of hydrogen-bond donors (Lipinski definition) is 1. The van der Waals surface area contributed by atoms with E-state index in [4.69, 9.17) is 10.2 Å². The highest BCUT2D eigenvalue weighted by molar-refractivity contribution is 6.08. The smallest absolute Gasteiger partial charge is 0.228 e. The molecule has 3 aromatic rings. The van der Waals surface area contributed by atoms with Crippen LogP contribution in [-0.4, -0.2) is 10.8 Å². The molecule has 0 unspecified atom stereocenters. The van der Waals surface area contributed by atoms with Crippen LogP contribution in [-0.2, 0) is 6.54 Å². The number of furan rings is 1. The van der Waals surface area contributed by atoms with Gasteiger partial charge in [0.2, 0.25) is 5.78 Å². The maximum Gasteiger partial charge on any atom is 0.228 e. The lowest BCUT2D eigenvalue weighted by molar-refractivity contribution is 0.101. The second kappa shape index (κ2) is 4.90. The molecule has 0 amide bonds. The second-order valence-corrected chi connectivity index (χ2v) is 4.66. The molecule has 0 fully saturated rings. The van der Waals surface area contributed by atoms with Gasteiger partial charge in [0.1, 0.15) is 5.76 Å². The molecule has 3 rings (SSSR count). The molecule has 0 atom stereocenters. The Labute approximate surface area is 116 Å². The molecule has 4 nitrogen and oxygen atoms in total. The predicted molar refractivity (Wildman–Crippen MR) is 76.5 cm³/mol. The summed E-state index contributed by atoms with van der Waals surface area (Å²) in [7, 11) is 0. The van der Waals surface area contributed by atoms with Crippen molar-refractivity contribution in [2.75, 3.05) is 0 Å². The number of hydrogen-bond acceptors (Lipinski definition) is 4. The molecule has 2 heterocycles. The van der Waals surface area contributed by atoms with E-state index in [0.29, 0.717) is 17.1 Å². The number of carbonyl (C=O) groups is 1. The Bertz CT molecular complexity index is 790. The summed E-state index contributed by atoms with van der Waals surface area (Å²) < 4.78 is 5.39. The lowest BCUT2D eigenvalue weighted by Gasteiger charge is -2.02. The molecule has 4 heteroatoms. The molecular formula is C16H14N2O2. The summed E-state index contributed by atoms with van der Waals surface area (Å²) in [4.78, 5) is 16.7. The number of rotatable bonds is 3. The Kier molecular flexibility index (Phi) is 3.08. The van der Waals surface area contributed by atoms with Gasteiger partial charge in [-0.3, -0.25) is 9.78 Å². The zero-order valence-corrected chi connectivity index (χ0v) is 11.1. The fraction of sp³-hybridized carbons (Fsp3) is 0.125. The molecule has 0 bridgehead atoms. The number of carbonyl (C=O) groups excluding carboxylic acids is 1. The third-order valence-electron chi connectivity index (χ3n) is 3.18. The summed E-state index contributed by atoms with van der Waals surface area (Å²) in [6.45, 7) is 2.23. The van der Waals surface area contributed by atoms with E-state index in [1.807, 2.05) is 31.2 Å². The molecular weight excluding hydrogens is 252 g/mol. The van der Waals surface area contributed by atoms with Crippen molar-refractivity contribution in [1.29, 1.82) is 0 Å². The Balaban J connectivity index is 2.01. The number of ketones is 1. The highest BCUT2D eigenvalue weighted by atomic mass is 16.3.